The van der Waals surface area contributed by atoms with Crippen molar-refractivity contribution in [3.8, 4) is 12.0 Å². The van der Waals surface area contributed by atoms with Gasteiger partial charge in [0.1, 0.15) is 8.07 Å². The van der Waals surface area contributed by atoms with E-state index in [1.54, 1.807) is 24.3 Å². The molecule has 1 aromatic carbocycles. The molecule has 1 rings (SSSR count). The maximum Gasteiger partial charge on any atom is 0.248 e. The van der Waals surface area contributed by atoms with E-state index < -0.39 is 8.07 Å². The minimum atomic E-state index is -1.47. The maximum absolute atomic E-state index is 10.4. The van der Waals surface area contributed by atoms with Crippen molar-refractivity contribution >= 4 is 14.0 Å². The lowest BCUT2D eigenvalue weighted by molar-refractivity contribution is 0.100. The molecule has 0 saturated carbocycles. The van der Waals surface area contributed by atoms with Gasteiger partial charge in [0.05, 0.1) is 0 Å². The Labute approximate surface area is 131 Å². The smallest absolute Gasteiger partial charge is 0.248 e. The Bertz CT molecular complexity index is 450. The summed E-state index contributed by atoms with van der Waals surface area (Å²) in [4.78, 5) is 10.4. The summed E-state index contributed by atoms with van der Waals surface area (Å²) < 4.78 is 0. The number of hydrogen-bond donors (Lipinski definition) is 1. The molecule has 1 amide bonds. The van der Waals surface area contributed by atoms with E-state index in [0.717, 1.165) is 0 Å². The van der Waals surface area contributed by atoms with Gasteiger partial charge in [-0.3, -0.25) is 4.79 Å². The minimum absolute atomic E-state index is 0.379. The van der Waals surface area contributed by atoms with E-state index in [1.807, 2.05) is 6.07 Å². The average molecular weight is 304 g/mol. The van der Waals surface area contributed by atoms with Crippen LogP contribution in [0, 0.1) is 12.0 Å². The van der Waals surface area contributed by atoms with Gasteiger partial charge in [-0.2, -0.15) is 0 Å². The molecule has 0 aliphatic carbocycles. The van der Waals surface area contributed by atoms with Gasteiger partial charge in [-0.25, -0.2) is 0 Å². The summed E-state index contributed by atoms with van der Waals surface area (Å²) in [5, 5.41) is 0. The van der Waals surface area contributed by atoms with Crippen LogP contribution in [-0.2, 0) is 0 Å². The van der Waals surface area contributed by atoms with E-state index in [2.05, 4.69) is 47.1 Å². The van der Waals surface area contributed by atoms with E-state index in [0.29, 0.717) is 22.2 Å². The highest BCUT2D eigenvalue weighted by Crippen LogP contribution is 2.40. The molecule has 0 bridgehead atoms. The van der Waals surface area contributed by atoms with Crippen molar-refractivity contribution in [1.29, 1.82) is 0 Å². The number of rotatable bonds is 4. The van der Waals surface area contributed by atoms with Gasteiger partial charge in [0.25, 0.3) is 0 Å². The van der Waals surface area contributed by atoms with Crippen LogP contribution in [-0.4, -0.2) is 14.0 Å². The van der Waals surface area contributed by atoms with E-state index in [1.165, 1.54) is 0 Å². The largest absolute Gasteiger partial charge is 0.366 e. The van der Waals surface area contributed by atoms with Gasteiger partial charge in [-0.1, -0.05) is 59.7 Å². The molecule has 0 aliphatic rings. The van der Waals surface area contributed by atoms with Gasteiger partial charge in [0.2, 0.25) is 5.91 Å². The molecule has 0 radical (unpaired) electrons. The van der Waals surface area contributed by atoms with Gasteiger partial charge in [0, 0.05) is 5.56 Å². The van der Waals surface area contributed by atoms with E-state index in [9.17, 15) is 4.79 Å². The van der Waals surface area contributed by atoms with E-state index >= 15 is 0 Å². The number of terminal acetylenes is 1. The quantitative estimate of drug-likeness (QED) is 0.640. The second kappa shape index (κ2) is 8.69. The van der Waals surface area contributed by atoms with Crippen molar-refractivity contribution in [1.82, 2.24) is 0 Å². The number of amides is 1. The third-order valence-corrected chi connectivity index (χ3v) is 10.4. The summed E-state index contributed by atoms with van der Waals surface area (Å²) in [5.74, 6) is -0.379. The lowest BCUT2D eigenvalue weighted by Crippen LogP contribution is -2.43. The molecule has 0 aliphatic heterocycles. The molecule has 0 unspecified atom stereocenters. The normalized spacial score (nSPS) is 11.0. The van der Waals surface area contributed by atoms with Crippen molar-refractivity contribution in [3.05, 3.63) is 35.9 Å². The fraction of sp³-hybridized carbons (Fsp3) is 0.500. The summed E-state index contributed by atoms with van der Waals surface area (Å²) in [6.07, 6.45) is 5.72. The Hall–Kier alpha value is -1.53. The fourth-order valence-corrected chi connectivity index (χ4v) is 8.10. The Balaban J connectivity index is 0.000000394. The van der Waals surface area contributed by atoms with Crippen molar-refractivity contribution in [3.63, 3.8) is 0 Å². The Morgan fingerprint density at radius 3 is 1.52 bits per heavy atom. The van der Waals surface area contributed by atoms with Crippen LogP contribution in [0.4, 0.5) is 0 Å². The zero-order chi connectivity index (χ0) is 16.6. The number of nitrogens with two attached hydrogens (primary N) is 1. The summed E-state index contributed by atoms with van der Waals surface area (Å²) >= 11 is 0. The van der Waals surface area contributed by atoms with E-state index in [4.69, 9.17) is 12.2 Å². The van der Waals surface area contributed by atoms with Crippen molar-refractivity contribution in [2.75, 3.05) is 0 Å². The highest BCUT2D eigenvalue weighted by molar-refractivity contribution is 6.90. The van der Waals surface area contributed by atoms with Gasteiger partial charge < -0.3 is 5.73 Å². The summed E-state index contributed by atoms with van der Waals surface area (Å²) in [5.41, 5.74) is 10.8. The SMILES string of the molecule is C#C[Si](C(C)C)(C(C)C)C(C)C.NC(=O)c1ccccc1. The molecule has 0 saturated heterocycles. The monoisotopic (exact) mass is 303 g/mol. The number of carbonyl (C=O) groups is 1. The number of benzene rings is 1. The molecule has 2 N–H and O–H groups in total. The lowest BCUT2D eigenvalue weighted by Gasteiger charge is -2.37. The number of primary amides is 1. The topological polar surface area (TPSA) is 43.1 Å². The minimum Gasteiger partial charge on any atom is -0.366 e. The molecule has 1 aromatic rings. The highest BCUT2D eigenvalue weighted by Gasteiger charge is 2.41. The van der Waals surface area contributed by atoms with Crippen LogP contribution in [0.2, 0.25) is 16.6 Å². The molecule has 0 atom stereocenters. The highest BCUT2D eigenvalue weighted by atomic mass is 28.3. The van der Waals surface area contributed by atoms with Crippen LogP contribution in [0.3, 0.4) is 0 Å². The van der Waals surface area contributed by atoms with Crippen molar-refractivity contribution in [2.45, 2.75) is 58.2 Å². The first kappa shape index (κ1) is 19.5. The molecule has 0 fully saturated rings. The third kappa shape index (κ3) is 5.06. The molecular weight excluding hydrogens is 274 g/mol. The molecule has 21 heavy (non-hydrogen) atoms. The van der Waals surface area contributed by atoms with E-state index in [-0.39, 0.29) is 5.91 Å². The van der Waals surface area contributed by atoms with Crippen LogP contribution in [0.25, 0.3) is 0 Å². The van der Waals surface area contributed by atoms with Gasteiger partial charge in [-0.05, 0) is 28.8 Å². The van der Waals surface area contributed by atoms with Gasteiger partial charge in [0.15, 0.2) is 0 Å². The zero-order valence-corrected chi connectivity index (χ0v) is 15.2. The first-order valence-corrected chi connectivity index (χ1v) is 9.75. The first-order valence-electron chi connectivity index (χ1n) is 7.52. The predicted octanol–water partition coefficient (Wildman–Crippen LogP) is 4.62. The van der Waals surface area contributed by atoms with Gasteiger partial charge in [-0.15, -0.1) is 12.0 Å². The maximum atomic E-state index is 10.4. The molecule has 0 heterocycles. The Kier molecular flexibility index (Phi) is 8.05. The average Bonchev–Trinajstić information content (AvgIpc) is 2.40. The molecule has 0 spiro atoms. The fourth-order valence-electron chi connectivity index (χ4n) is 3.10. The second-order valence-electron chi connectivity index (χ2n) is 6.27. The first-order chi connectivity index (χ1) is 9.70. The number of hydrogen-bond acceptors (Lipinski definition) is 1. The summed E-state index contributed by atoms with van der Waals surface area (Å²) in [6.45, 7) is 13.7. The molecular formula is C18H29NOSi. The van der Waals surface area contributed by atoms with Gasteiger partial charge >= 0.3 is 0 Å². The molecule has 116 valence electrons. The van der Waals surface area contributed by atoms with Crippen molar-refractivity contribution < 1.29 is 4.79 Å². The third-order valence-electron chi connectivity index (χ3n) is 4.17. The molecule has 0 aromatic heterocycles. The second-order valence-corrected chi connectivity index (χ2v) is 11.9. The number of carbonyl (C=O) groups excluding carboxylic acids is 1. The van der Waals surface area contributed by atoms with Crippen LogP contribution in [0.5, 0.6) is 0 Å². The Morgan fingerprint density at radius 1 is 1.00 bits per heavy atom. The predicted molar refractivity (Wildman–Crippen MR) is 94.8 cm³/mol. The molecule has 3 heteroatoms. The Morgan fingerprint density at radius 2 is 1.38 bits per heavy atom. The van der Waals surface area contributed by atoms with Crippen molar-refractivity contribution in [2.24, 2.45) is 5.73 Å². The van der Waals surface area contributed by atoms with Crippen LogP contribution < -0.4 is 5.73 Å². The summed E-state index contributed by atoms with van der Waals surface area (Å²) in [6, 6.07) is 8.76. The van der Waals surface area contributed by atoms with Crippen LogP contribution in [0.15, 0.2) is 30.3 Å². The molecule has 2 nitrogen and oxygen atoms in total. The standard InChI is InChI=1S/C11H22Si.C7H7NO/c1-8-12(9(2)3,10(4)5)11(6)7;8-7(9)6-4-2-1-3-5-6/h1,9-11H,2-7H3;1-5H,(H2,8,9). The van der Waals surface area contributed by atoms with Crippen LogP contribution in [0.1, 0.15) is 51.9 Å². The lowest BCUT2D eigenvalue weighted by atomic mass is 10.2. The zero-order valence-electron chi connectivity index (χ0n) is 14.2. The summed E-state index contributed by atoms with van der Waals surface area (Å²) in [7, 11) is -1.47. The van der Waals surface area contributed by atoms with Crippen LogP contribution >= 0.6 is 0 Å².